The molecule has 2 aliphatic rings. The van der Waals surface area contributed by atoms with Gasteiger partial charge in [0.15, 0.2) is 6.10 Å². The highest BCUT2D eigenvalue weighted by atomic mass is 35.5. The molecule has 4 aromatic rings. The molecule has 43 heavy (non-hydrogen) atoms. The molecule has 1 saturated heterocycles. The van der Waals surface area contributed by atoms with Gasteiger partial charge in [-0.3, -0.25) is 19.3 Å². The van der Waals surface area contributed by atoms with E-state index in [0.717, 1.165) is 0 Å². The third-order valence-corrected chi connectivity index (χ3v) is 8.49. The van der Waals surface area contributed by atoms with Crippen molar-refractivity contribution >= 4 is 51.8 Å². The number of rotatable bonds is 7. The molecule has 4 unspecified atom stereocenters. The van der Waals surface area contributed by atoms with Crippen LogP contribution in [0.15, 0.2) is 91.0 Å². The van der Waals surface area contributed by atoms with E-state index in [1.165, 1.54) is 4.90 Å². The van der Waals surface area contributed by atoms with Gasteiger partial charge in [0.25, 0.3) is 0 Å². The largest absolute Gasteiger partial charge is 0.450 e. The molecule has 7 nitrogen and oxygen atoms in total. The Labute approximate surface area is 254 Å². The molecule has 0 radical (unpaired) electrons. The molecule has 6 rings (SSSR count). The fourth-order valence-electron chi connectivity index (χ4n) is 6.00. The second kappa shape index (κ2) is 11.6. The van der Waals surface area contributed by atoms with E-state index >= 15 is 0 Å². The van der Waals surface area contributed by atoms with Gasteiger partial charge in [-0.15, -0.1) is 0 Å². The quantitative estimate of drug-likeness (QED) is 0.0985. The van der Waals surface area contributed by atoms with Crippen molar-refractivity contribution in [2.24, 2.45) is 17.8 Å². The summed E-state index contributed by atoms with van der Waals surface area (Å²) in [5.74, 6) is -1.98. The van der Waals surface area contributed by atoms with Gasteiger partial charge in [-0.25, -0.2) is 9.78 Å². The van der Waals surface area contributed by atoms with E-state index in [1.807, 2.05) is 25.1 Å². The number of Topliss-reactive ketones (excluding diaryl/α,β-unsaturated/α-hetero) is 1. The topological polar surface area (TPSA) is 93.6 Å². The number of ketones is 1. The molecule has 2 heterocycles. The first-order valence-corrected chi connectivity index (χ1v) is 14.7. The van der Waals surface area contributed by atoms with Gasteiger partial charge in [0.1, 0.15) is 0 Å². The number of nitrogens with zero attached hydrogens (tertiary/aromatic N) is 2. The van der Waals surface area contributed by atoms with E-state index in [0.29, 0.717) is 51.3 Å². The van der Waals surface area contributed by atoms with Gasteiger partial charge >= 0.3 is 5.97 Å². The summed E-state index contributed by atoms with van der Waals surface area (Å²) in [6, 6.07) is 22.4. The molecular weight excluding hydrogens is 564 g/mol. The van der Waals surface area contributed by atoms with Gasteiger partial charge in [0.05, 0.1) is 34.3 Å². The van der Waals surface area contributed by atoms with Gasteiger partial charge in [0.2, 0.25) is 17.6 Å². The lowest BCUT2D eigenvalue weighted by Crippen LogP contribution is -2.31. The van der Waals surface area contributed by atoms with E-state index in [4.69, 9.17) is 21.3 Å². The van der Waals surface area contributed by atoms with Gasteiger partial charge in [-0.2, -0.15) is 0 Å². The monoisotopic (exact) mass is 592 g/mol. The maximum Gasteiger partial charge on any atom is 0.339 e. The number of hydrogen-bond donors (Lipinski definition) is 0. The molecule has 216 valence electrons. The van der Waals surface area contributed by atoms with E-state index in [1.54, 1.807) is 79.7 Å². The normalized spacial score (nSPS) is 20.3. The van der Waals surface area contributed by atoms with Crippen LogP contribution < -0.4 is 4.90 Å². The summed E-state index contributed by atoms with van der Waals surface area (Å²) < 4.78 is 5.76. The number of pyridine rings is 1. The molecule has 0 bridgehead atoms. The van der Waals surface area contributed by atoms with Crippen LogP contribution in [-0.2, 0) is 14.3 Å². The Balaban J connectivity index is 1.32. The molecule has 4 atom stereocenters. The Bertz CT molecular complexity index is 1780. The fourth-order valence-corrected chi connectivity index (χ4v) is 6.17. The first kappa shape index (κ1) is 28.5. The van der Waals surface area contributed by atoms with Crippen LogP contribution in [-0.4, -0.2) is 34.7 Å². The molecule has 8 heteroatoms. The lowest BCUT2D eigenvalue weighted by molar-refractivity contribution is -0.122. The van der Waals surface area contributed by atoms with Crippen LogP contribution in [0.4, 0.5) is 5.69 Å². The van der Waals surface area contributed by atoms with E-state index in [2.05, 4.69) is 0 Å². The third kappa shape index (κ3) is 5.25. The Hall–Kier alpha value is -4.62. The first-order valence-electron chi connectivity index (χ1n) is 14.3. The van der Waals surface area contributed by atoms with Crippen molar-refractivity contribution in [1.82, 2.24) is 4.98 Å². The van der Waals surface area contributed by atoms with Crippen molar-refractivity contribution in [2.45, 2.75) is 32.8 Å². The average Bonchev–Trinajstić information content (AvgIpc) is 3.29. The van der Waals surface area contributed by atoms with Crippen molar-refractivity contribution < 1.29 is 23.9 Å². The molecule has 0 N–H and O–H groups in total. The molecule has 1 aromatic heterocycles. The minimum atomic E-state index is -0.961. The number of carbonyl (C=O) groups excluding carboxylic acids is 4. The summed E-state index contributed by atoms with van der Waals surface area (Å²) in [5.41, 5.74) is 2.87. The van der Waals surface area contributed by atoms with Crippen molar-refractivity contribution in [1.29, 1.82) is 0 Å². The number of esters is 1. The summed E-state index contributed by atoms with van der Waals surface area (Å²) >= 11 is 6.28. The SMILES string of the molecule is CCC(OC(=O)c1cc(-c2ccc(N3C(=O)C4CC=CC(C)C4C3=O)cc2)nc2ccc(Cl)cc12)C(=O)c1ccccc1. The molecule has 0 saturated carbocycles. The third-order valence-electron chi connectivity index (χ3n) is 8.26. The maximum absolute atomic E-state index is 13.6. The Kier molecular flexibility index (Phi) is 7.67. The molecule has 2 amide bonds. The van der Waals surface area contributed by atoms with Crippen LogP contribution in [0.3, 0.4) is 0 Å². The van der Waals surface area contributed by atoms with Crippen molar-refractivity contribution in [3.05, 3.63) is 107 Å². The van der Waals surface area contributed by atoms with Gasteiger partial charge in [0, 0.05) is 21.5 Å². The minimum Gasteiger partial charge on any atom is -0.450 e. The molecular formula is C35H29ClN2O5. The van der Waals surface area contributed by atoms with E-state index in [-0.39, 0.29) is 40.9 Å². The lowest BCUT2D eigenvalue weighted by Gasteiger charge is -2.22. The highest BCUT2D eigenvalue weighted by Gasteiger charge is 2.50. The predicted molar refractivity (Wildman–Crippen MR) is 165 cm³/mol. The smallest absolute Gasteiger partial charge is 0.339 e. The van der Waals surface area contributed by atoms with E-state index in [9.17, 15) is 19.2 Å². The zero-order valence-electron chi connectivity index (χ0n) is 23.7. The molecule has 1 aliphatic heterocycles. The summed E-state index contributed by atoms with van der Waals surface area (Å²) in [6.45, 7) is 3.75. The number of ether oxygens (including phenoxy) is 1. The van der Waals surface area contributed by atoms with Crippen LogP contribution in [0.25, 0.3) is 22.2 Å². The maximum atomic E-state index is 13.6. The minimum absolute atomic E-state index is 0.00301. The van der Waals surface area contributed by atoms with Crippen molar-refractivity contribution in [3.63, 3.8) is 0 Å². The number of allylic oxidation sites excluding steroid dienone is 2. The summed E-state index contributed by atoms with van der Waals surface area (Å²) in [5, 5.41) is 0.927. The first-order chi connectivity index (χ1) is 20.8. The number of carbonyl (C=O) groups is 4. The Morgan fingerprint density at radius 2 is 1.74 bits per heavy atom. The number of anilines is 1. The average molecular weight is 593 g/mol. The molecule has 3 aromatic carbocycles. The highest BCUT2D eigenvalue weighted by Crippen LogP contribution is 2.41. The zero-order chi connectivity index (χ0) is 30.2. The van der Waals surface area contributed by atoms with Gasteiger partial charge < -0.3 is 4.74 Å². The second-order valence-electron chi connectivity index (χ2n) is 11.0. The zero-order valence-corrected chi connectivity index (χ0v) is 24.5. The summed E-state index contributed by atoms with van der Waals surface area (Å²) in [6.07, 6.45) is 3.89. The second-order valence-corrected chi connectivity index (χ2v) is 11.4. The van der Waals surface area contributed by atoms with Crippen LogP contribution in [0.5, 0.6) is 0 Å². The van der Waals surface area contributed by atoms with Gasteiger partial charge in [-0.1, -0.05) is 80.1 Å². The van der Waals surface area contributed by atoms with Crippen LogP contribution in [0.1, 0.15) is 47.4 Å². The number of fused-ring (bicyclic) bond motifs is 2. The highest BCUT2D eigenvalue weighted by molar-refractivity contribution is 6.31. The molecule has 1 fully saturated rings. The Morgan fingerprint density at radius 3 is 2.44 bits per heavy atom. The number of imide groups is 1. The summed E-state index contributed by atoms with van der Waals surface area (Å²) in [7, 11) is 0. The van der Waals surface area contributed by atoms with Crippen LogP contribution in [0, 0.1) is 17.8 Å². The number of aromatic nitrogens is 1. The Morgan fingerprint density at radius 1 is 1.00 bits per heavy atom. The van der Waals surface area contributed by atoms with E-state index < -0.39 is 12.1 Å². The molecule has 0 spiro atoms. The number of halogens is 1. The van der Waals surface area contributed by atoms with Gasteiger partial charge in [-0.05, 0) is 55.2 Å². The van der Waals surface area contributed by atoms with Crippen molar-refractivity contribution in [2.75, 3.05) is 4.90 Å². The van der Waals surface area contributed by atoms with Crippen LogP contribution in [0.2, 0.25) is 5.02 Å². The van der Waals surface area contributed by atoms with Crippen LogP contribution >= 0.6 is 11.6 Å². The fraction of sp³-hybridized carbons (Fsp3) is 0.229. The summed E-state index contributed by atoms with van der Waals surface area (Å²) in [4.78, 5) is 59.1. The number of hydrogen-bond acceptors (Lipinski definition) is 6. The number of benzene rings is 3. The lowest BCUT2D eigenvalue weighted by atomic mass is 9.78. The predicted octanol–water partition coefficient (Wildman–Crippen LogP) is 7.08. The standard InChI is InChI=1S/C35H29ClN2O5/c1-3-30(32(39)22-9-5-4-6-10-22)43-35(42)27-19-29(37-28-17-14-23(36)18-26(27)28)21-12-15-24(16-13-21)38-33(40)25-11-7-8-20(2)31(25)34(38)41/h4-10,12-20,25,30-31H,3,11H2,1-2H3. The number of amides is 2. The van der Waals surface area contributed by atoms with Crippen molar-refractivity contribution in [3.8, 4) is 11.3 Å². The molecule has 1 aliphatic carbocycles.